The van der Waals surface area contributed by atoms with Gasteiger partial charge in [-0.15, -0.1) is 0 Å². The summed E-state index contributed by atoms with van der Waals surface area (Å²) in [6.07, 6.45) is -0.169. The van der Waals surface area contributed by atoms with Crippen LogP contribution in [0.25, 0.3) is 0 Å². The molecule has 2 aromatic rings. The lowest BCUT2D eigenvalue weighted by Gasteiger charge is -2.09. The molecule has 1 amide bonds. The Balaban J connectivity index is 2.02. The first-order chi connectivity index (χ1) is 11.0. The number of carbonyl (C=O) groups is 2. The van der Waals surface area contributed by atoms with Crippen molar-refractivity contribution >= 4 is 17.6 Å². The number of anilines is 1. The van der Waals surface area contributed by atoms with Gasteiger partial charge in [0.25, 0.3) is 5.91 Å². The van der Waals surface area contributed by atoms with Crippen LogP contribution in [0.2, 0.25) is 0 Å². The van der Waals surface area contributed by atoms with Gasteiger partial charge >= 0.3 is 5.97 Å². The van der Waals surface area contributed by atoms with Crippen LogP contribution in [0.5, 0.6) is 5.75 Å². The number of methoxy groups -OCH3 is 1. The van der Waals surface area contributed by atoms with Gasteiger partial charge in [-0.25, -0.2) is 4.79 Å². The molecular formula is C18H19NO4. The quantitative estimate of drug-likeness (QED) is 0.858. The lowest BCUT2D eigenvalue weighted by molar-refractivity contribution is 0.0378. The van der Waals surface area contributed by atoms with E-state index in [0.29, 0.717) is 22.6 Å². The van der Waals surface area contributed by atoms with Crippen LogP contribution in [-0.2, 0) is 4.74 Å². The number of carbonyl (C=O) groups excluding carboxylic acids is 2. The first-order valence-electron chi connectivity index (χ1n) is 7.26. The smallest absolute Gasteiger partial charge is 0.338 e. The van der Waals surface area contributed by atoms with Crippen molar-refractivity contribution < 1.29 is 19.1 Å². The highest BCUT2D eigenvalue weighted by atomic mass is 16.5. The summed E-state index contributed by atoms with van der Waals surface area (Å²) >= 11 is 0. The Morgan fingerprint density at radius 3 is 2.00 bits per heavy atom. The lowest BCUT2D eigenvalue weighted by Crippen LogP contribution is -2.13. The minimum atomic E-state index is -0.381. The molecule has 0 spiro atoms. The molecule has 5 heteroatoms. The minimum absolute atomic E-state index is 0.169. The van der Waals surface area contributed by atoms with Crippen LogP contribution in [0.3, 0.4) is 0 Å². The number of esters is 1. The third-order valence-corrected chi connectivity index (χ3v) is 3.07. The standard InChI is InChI=1S/C18H19NO4/c1-12(2)23-18(21)14-4-8-15(9-5-14)19-17(20)13-6-10-16(22-3)11-7-13/h4-12H,1-3H3,(H,19,20). The topological polar surface area (TPSA) is 64.6 Å². The van der Waals surface area contributed by atoms with E-state index in [0.717, 1.165) is 0 Å². The van der Waals surface area contributed by atoms with Gasteiger partial charge in [0.05, 0.1) is 18.8 Å². The molecule has 120 valence electrons. The van der Waals surface area contributed by atoms with Crippen LogP contribution in [0.15, 0.2) is 48.5 Å². The molecule has 0 saturated carbocycles. The summed E-state index contributed by atoms with van der Waals surface area (Å²) in [5.74, 6) is 0.0766. The number of hydrogen-bond acceptors (Lipinski definition) is 4. The Morgan fingerprint density at radius 2 is 1.48 bits per heavy atom. The van der Waals surface area contributed by atoms with E-state index in [-0.39, 0.29) is 18.0 Å². The molecule has 0 unspecified atom stereocenters. The van der Waals surface area contributed by atoms with E-state index in [9.17, 15) is 9.59 Å². The summed E-state index contributed by atoms with van der Waals surface area (Å²) in [5.41, 5.74) is 1.57. The van der Waals surface area contributed by atoms with E-state index in [2.05, 4.69) is 5.32 Å². The van der Waals surface area contributed by atoms with Crippen LogP contribution in [0, 0.1) is 0 Å². The summed E-state index contributed by atoms with van der Waals surface area (Å²) in [5, 5.41) is 2.77. The van der Waals surface area contributed by atoms with Gasteiger partial charge in [-0.3, -0.25) is 4.79 Å². The molecule has 0 fully saturated rings. The molecule has 0 atom stereocenters. The molecule has 0 bridgehead atoms. The Bertz CT molecular complexity index is 675. The van der Waals surface area contributed by atoms with E-state index in [1.165, 1.54) is 0 Å². The van der Waals surface area contributed by atoms with Gasteiger partial charge in [0.1, 0.15) is 5.75 Å². The van der Waals surface area contributed by atoms with Gasteiger partial charge in [0, 0.05) is 11.3 Å². The first kappa shape index (κ1) is 16.5. The molecule has 2 aromatic carbocycles. The lowest BCUT2D eigenvalue weighted by atomic mass is 10.1. The maximum absolute atomic E-state index is 12.1. The second-order valence-electron chi connectivity index (χ2n) is 5.21. The highest BCUT2D eigenvalue weighted by molar-refractivity contribution is 6.04. The van der Waals surface area contributed by atoms with Crippen molar-refractivity contribution in [2.45, 2.75) is 20.0 Å². The Kier molecular flexibility index (Phi) is 5.36. The normalized spacial score (nSPS) is 10.3. The van der Waals surface area contributed by atoms with Gasteiger partial charge in [-0.05, 0) is 62.4 Å². The van der Waals surface area contributed by atoms with Crippen molar-refractivity contribution in [2.75, 3.05) is 12.4 Å². The summed E-state index contributed by atoms with van der Waals surface area (Å²) < 4.78 is 10.2. The monoisotopic (exact) mass is 313 g/mol. The Labute approximate surface area is 135 Å². The average molecular weight is 313 g/mol. The maximum atomic E-state index is 12.1. The summed E-state index contributed by atoms with van der Waals surface area (Å²) in [4.78, 5) is 23.9. The van der Waals surface area contributed by atoms with Crippen LogP contribution in [0.4, 0.5) is 5.69 Å². The highest BCUT2D eigenvalue weighted by Crippen LogP contribution is 2.15. The zero-order valence-corrected chi connectivity index (χ0v) is 13.3. The van der Waals surface area contributed by atoms with Crippen molar-refractivity contribution in [3.8, 4) is 5.75 Å². The number of nitrogens with one attached hydrogen (secondary N) is 1. The summed E-state index contributed by atoms with van der Waals surface area (Å²) in [7, 11) is 1.57. The fourth-order valence-corrected chi connectivity index (χ4v) is 1.92. The van der Waals surface area contributed by atoms with Gasteiger partial charge in [0.2, 0.25) is 0 Å². The van der Waals surface area contributed by atoms with E-state index in [4.69, 9.17) is 9.47 Å². The predicted molar refractivity (Wildman–Crippen MR) is 87.9 cm³/mol. The van der Waals surface area contributed by atoms with Gasteiger partial charge in [-0.1, -0.05) is 0 Å². The number of hydrogen-bond donors (Lipinski definition) is 1. The highest BCUT2D eigenvalue weighted by Gasteiger charge is 2.10. The van der Waals surface area contributed by atoms with Crippen LogP contribution in [0.1, 0.15) is 34.6 Å². The fourth-order valence-electron chi connectivity index (χ4n) is 1.92. The second-order valence-corrected chi connectivity index (χ2v) is 5.21. The van der Waals surface area contributed by atoms with Crippen molar-refractivity contribution in [2.24, 2.45) is 0 Å². The van der Waals surface area contributed by atoms with E-state index >= 15 is 0 Å². The minimum Gasteiger partial charge on any atom is -0.497 e. The van der Waals surface area contributed by atoms with Crippen molar-refractivity contribution in [3.05, 3.63) is 59.7 Å². The third kappa shape index (κ3) is 4.57. The van der Waals surface area contributed by atoms with Gasteiger partial charge in [-0.2, -0.15) is 0 Å². The molecule has 0 saturated heterocycles. The molecule has 0 aliphatic heterocycles. The Morgan fingerprint density at radius 1 is 0.913 bits per heavy atom. The van der Waals surface area contributed by atoms with E-state index in [1.54, 1.807) is 69.5 Å². The zero-order chi connectivity index (χ0) is 16.8. The zero-order valence-electron chi connectivity index (χ0n) is 13.3. The molecule has 23 heavy (non-hydrogen) atoms. The van der Waals surface area contributed by atoms with Crippen molar-refractivity contribution in [1.82, 2.24) is 0 Å². The predicted octanol–water partition coefficient (Wildman–Crippen LogP) is 3.51. The van der Waals surface area contributed by atoms with Crippen LogP contribution in [-0.4, -0.2) is 25.1 Å². The third-order valence-electron chi connectivity index (χ3n) is 3.07. The summed E-state index contributed by atoms with van der Waals surface area (Å²) in [6, 6.07) is 13.4. The molecule has 2 rings (SSSR count). The molecule has 0 heterocycles. The van der Waals surface area contributed by atoms with Gasteiger partial charge < -0.3 is 14.8 Å². The number of amides is 1. The molecule has 1 N–H and O–H groups in total. The first-order valence-corrected chi connectivity index (χ1v) is 7.26. The maximum Gasteiger partial charge on any atom is 0.338 e. The van der Waals surface area contributed by atoms with Crippen molar-refractivity contribution in [1.29, 1.82) is 0 Å². The molecule has 0 aliphatic carbocycles. The second kappa shape index (κ2) is 7.45. The summed E-state index contributed by atoms with van der Waals surface area (Å²) in [6.45, 7) is 3.59. The van der Waals surface area contributed by atoms with Gasteiger partial charge in [0.15, 0.2) is 0 Å². The SMILES string of the molecule is COc1ccc(C(=O)Nc2ccc(C(=O)OC(C)C)cc2)cc1. The average Bonchev–Trinajstić information content (AvgIpc) is 2.55. The van der Waals surface area contributed by atoms with E-state index in [1.807, 2.05) is 0 Å². The fraction of sp³-hybridized carbons (Fsp3) is 0.222. The largest absolute Gasteiger partial charge is 0.497 e. The van der Waals surface area contributed by atoms with E-state index < -0.39 is 0 Å². The van der Waals surface area contributed by atoms with Crippen molar-refractivity contribution in [3.63, 3.8) is 0 Å². The molecule has 0 aliphatic rings. The molecule has 0 aromatic heterocycles. The molecular weight excluding hydrogens is 294 g/mol. The number of benzene rings is 2. The van der Waals surface area contributed by atoms with Crippen LogP contribution < -0.4 is 10.1 Å². The van der Waals surface area contributed by atoms with Crippen LogP contribution >= 0.6 is 0 Å². The number of ether oxygens (including phenoxy) is 2. The number of rotatable bonds is 5. The molecule has 0 radical (unpaired) electrons. The Hall–Kier alpha value is -2.82. The molecule has 5 nitrogen and oxygen atoms in total.